The Morgan fingerprint density at radius 2 is 1.78 bits per heavy atom. The van der Waals surface area contributed by atoms with Gasteiger partial charge in [-0.25, -0.2) is 9.67 Å². The van der Waals surface area contributed by atoms with Gasteiger partial charge in [-0.3, -0.25) is 9.59 Å². The third kappa shape index (κ3) is 5.39. The van der Waals surface area contributed by atoms with Crippen molar-refractivity contribution in [2.45, 2.75) is 12.8 Å². The highest BCUT2D eigenvalue weighted by molar-refractivity contribution is 6.30. The number of hydrogen-bond acceptors (Lipinski definition) is 4. The first-order valence-electron chi connectivity index (χ1n) is 8.40. The molecule has 138 valence electrons. The molecule has 8 heteroatoms. The Kier molecular flexibility index (Phi) is 6.17. The minimum atomic E-state index is -0.184. The molecule has 7 nitrogen and oxygen atoms in total. The number of nitrogens with zero attached hydrogens (tertiary/aromatic N) is 3. The number of amides is 2. The van der Waals surface area contributed by atoms with Crippen molar-refractivity contribution >= 4 is 29.1 Å². The third-order valence-electron chi connectivity index (χ3n) is 3.81. The molecule has 0 unspecified atom stereocenters. The largest absolute Gasteiger partial charge is 0.352 e. The van der Waals surface area contributed by atoms with E-state index >= 15 is 0 Å². The van der Waals surface area contributed by atoms with Gasteiger partial charge >= 0.3 is 0 Å². The van der Waals surface area contributed by atoms with E-state index < -0.39 is 0 Å². The lowest BCUT2D eigenvalue weighted by Crippen LogP contribution is -2.25. The Labute approximate surface area is 161 Å². The summed E-state index contributed by atoms with van der Waals surface area (Å²) in [7, 11) is 0. The molecule has 2 aromatic carbocycles. The molecule has 3 aromatic rings. The molecular formula is C19H18ClN5O2. The number of rotatable bonds is 7. The predicted molar refractivity (Wildman–Crippen MR) is 103 cm³/mol. The highest BCUT2D eigenvalue weighted by Gasteiger charge is 2.06. The van der Waals surface area contributed by atoms with Gasteiger partial charge in [-0.2, -0.15) is 5.10 Å². The smallest absolute Gasteiger partial charge is 0.251 e. The zero-order valence-electron chi connectivity index (χ0n) is 14.4. The Balaban J connectivity index is 1.39. The lowest BCUT2D eigenvalue weighted by molar-refractivity contribution is -0.116. The average Bonchev–Trinajstić information content (AvgIpc) is 3.21. The quantitative estimate of drug-likeness (QED) is 0.613. The Hall–Kier alpha value is -3.19. The van der Waals surface area contributed by atoms with E-state index in [4.69, 9.17) is 11.6 Å². The van der Waals surface area contributed by atoms with Crippen molar-refractivity contribution in [2.24, 2.45) is 0 Å². The summed E-state index contributed by atoms with van der Waals surface area (Å²) in [6.07, 6.45) is 3.92. The van der Waals surface area contributed by atoms with Gasteiger partial charge in [-0.1, -0.05) is 11.6 Å². The minimum Gasteiger partial charge on any atom is -0.352 e. The van der Waals surface area contributed by atoms with E-state index in [0.29, 0.717) is 35.7 Å². The second-order valence-electron chi connectivity index (χ2n) is 5.80. The van der Waals surface area contributed by atoms with Crippen LogP contribution >= 0.6 is 11.6 Å². The average molecular weight is 384 g/mol. The van der Waals surface area contributed by atoms with Gasteiger partial charge in [0.05, 0.1) is 5.69 Å². The summed E-state index contributed by atoms with van der Waals surface area (Å²) in [5.74, 6) is -0.292. The van der Waals surface area contributed by atoms with Crippen LogP contribution < -0.4 is 10.6 Å². The fourth-order valence-electron chi connectivity index (χ4n) is 2.42. The molecule has 0 aliphatic rings. The van der Waals surface area contributed by atoms with Crippen molar-refractivity contribution in [2.75, 3.05) is 11.9 Å². The summed E-state index contributed by atoms with van der Waals surface area (Å²) in [5.41, 5.74) is 2.10. The van der Waals surface area contributed by atoms with Crippen molar-refractivity contribution in [1.29, 1.82) is 0 Å². The van der Waals surface area contributed by atoms with Crippen LogP contribution in [-0.4, -0.2) is 33.1 Å². The topological polar surface area (TPSA) is 88.9 Å². The Morgan fingerprint density at radius 3 is 2.44 bits per heavy atom. The molecule has 3 rings (SSSR count). The molecule has 1 heterocycles. The molecule has 27 heavy (non-hydrogen) atoms. The van der Waals surface area contributed by atoms with E-state index in [1.54, 1.807) is 47.4 Å². The van der Waals surface area contributed by atoms with Crippen LogP contribution in [0.15, 0.2) is 61.2 Å². The van der Waals surface area contributed by atoms with E-state index in [-0.39, 0.29) is 11.8 Å². The van der Waals surface area contributed by atoms with Crippen LogP contribution in [0.4, 0.5) is 5.69 Å². The van der Waals surface area contributed by atoms with Crippen LogP contribution in [0.25, 0.3) is 5.69 Å². The van der Waals surface area contributed by atoms with Crippen molar-refractivity contribution in [3.8, 4) is 5.69 Å². The first kappa shape index (κ1) is 18.6. The fourth-order valence-corrected chi connectivity index (χ4v) is 2.54. The van der Waals surface area contributed by atoms with Crippen LogP contribution in [0.3, 0.4) is 0 Å². The second kappa shape index (κ2) is 8.95. The molecule has 0 spiro atoms. The third-order valence-corrected chi connectivity index (χ3v) is 4.06. The molecule has 0 saturated carbocycles. The van der Waals surface area contributed by atoms with Gasteiger partial charge in [0.2, 0.25) is 5.91 Å². The van der Waals surface area contributed by atoms with E-state index in [1.165, 1.54) is 6.33 Å². The molecule has 0 radical (unpaired) electrons. The first-order valence-corrected chi connectivity index (χ1v) is 8.78. The van der Waals surface area contributed by atoms with Crippen molar-refractivity contribution in [3.05, 3.63) is 71.8 Å². The first-order chi connectivity index (χ1) is 13.1. The standard InChI is InChI=1S/C19H18ClN5O2/c20-15-5-3-14(4-6-15)19(27)22-11-1-2-18(26)24-16-7-9-17(10-8-16)25-13-21-12-23-25/h3-10,12-13H,1-2,11H2,(H,22,27)(H,24,26). The molecule has 2 amide bonds. The van der Waals surface area contributed by atoms with E-state index in [9.17, 15) is 9.59 Å². The van der Waals surface area contributed by atoms with E-state index in [1.807, 2.05) is 12.1 Å². The zero-order valence-corrected chi connectivity index (χ0v) is 15.2. The molecule has 0 fully saturated rings. The molecule has 0 saturated heterocycles. The maximum atomic E-state index is 12.0. The number of benzene rings is 2. The van der Waals surface area contributed by atoms with Gasteiger partial charge in [-0.15, -0.1) is 0 Å². The van der Waals surface area contributed by atoms with E-state index in [2.05, 4.69) is 20.7 Å². The predicted octanol–water partition coefficient (Wildman–Crippen LogP) is 3.07. The number of anilines is 1. The Morgan fingerprint density at radius 1 is 1.04 bits per heavy atom. The minimum absolute atomic E-state index is 0.107. The highest BCUT2D eigenvalue weighted by Crippen LogP contribution is 2.13. The van der Waals surface area contributed by atoms with Crippen LogP contribution in [0.5, 0.6) is 0 Å². The molecular weight excluding hydrogens is 366 g/mol. The van der Waals surface area contributed by atoms with Gasteiger partial charge in [0.1, 0.15) is 12.7 Å². The monoisotopic (exact) mass is 383 g/mol. The van der Waals surface area contributed by atoms with Crippen LogP contribution in [-0.2, 0) is 4.79 Å². The summed E-state index contributed by atoms with van der Waals surface area (Å²) in [4.78, 5) is 27.9. The molecule has 0 aliphatic carbocycles. The Bertz CT molecular complexity index is 893. The molecule has 0 atom stereocenters. The normalized spacial score (nSPS) is 10.4. The molecule has 0 aliphatic heterocycles. The summed E-state index contributed by atoms with van der Waals surface area (Å²) >= 11 is 5.80. The van der Waals surface area contributed by atoms with Crippen LogP contribution in [0.2, 0.25) is 5.02 Å². The number of carbonyl (C=O) groups is 2. The van der Waals surface area contributed by atoms with Gasteiger partial charge in [-0.05, 0) is 55.0 Å². The van der Waals surface area contributed by atoms with Gasteiger partial charge in [0.15, 0.2) is 0 Å². The van der Waals surface area contributed by atoms with Crippen molar-refractivity contribution in [3.63, 3.8) is 0 Å². The number of aromatic nitrogens is 3. The fraction of sp³-hybridized carbons (Fsp3) is 0.158. The highest BCUT2D eigenvalue weighted by atomic mass is 35.5. The zero-order chi connectivity index (χ0) is 19.1. The van der Waals surface area contributed by atoms with Gasteiger partial charge in [0.25, 0.3) is 5.91 Å². The molecule has 1 aromatic heterocycles. The number of halogens is 1. The molecule has 2 N–H and O–H groups in total. The maximum absolute atomic E-state index is 12.0. The number of carbonyl (C=O) groups excluding carboxylic acids is 2. The SMILES string of the molecule is O=C(CCCNC(=O)c1ccc(Cl)cc1)Nc1ccc(-n2cncn2)cc1. The summed E-state index contributed by atoms with van der Waals surface area (Å²) in [5, 5.41) is 10.2. The lowest BCUT2D eigenvalue weighted by atomic mass is 10.2. The van der Waals surface area contributed by atoms with E-state index in [0.717, 1.165) is 5.69 Å². The van der Waals surface area contributed by atoms with Gasteiger partial charge < -0.3 is 10.6 Å². The van der Waals surface area contributed by atoms with Crippen molar-refractivity contribution in [1.82, 2.24) is 20.1 Å². The number of nitrogens with one attached hydrogen (secondary N) is 2. The summed E-state index contributed by atoms with van der Waals surface area (Å²) < 4.78 is 1.63. The van der Waals surface area contributed by atoms with Crippen LogP contribution in [0.1, 0.15) is 23.2 Å². The van der Waals surface area contributed by atoms with Crippen molar-refractivity contribution < 1.29 is 9.59 Å². The second-order valence-corrected chi connectivity index (χ2v) is 6.24. The lowest BCUT2D eigenvalue weighted by Gasteiger charge is -2.08. The number of hydrogen-bond donors (Lipinski definition) is 2. The maximum Gasteiger partial charge on any atom is 0.251 e. The van der Waals surface area contributed by atoms with Crippen LogP contribution in [0, 0.1) is 0 Å². The molecule has 0 bridgehead atoms. The summed E-state index contributed by atoms with van der Waals surface area (Å²) in [6.45, 7) is 0.417. The van der Waals surface area contributed by atoms with Gasteiger partial charge in [0, 0.05) is 29.2 Å². The summed E-state index contributed by atoms with van der Waals surface area (Å²) in [6, 6.07) is 13.9.